The highest BCUT2D eigenvalue weighted by Gasteiger charge is 2.49. The van der Waals surface area contributed by atoms with Crippen molar-refractivity contribution in [3.05, 3.63) is 0 Å². The Morgan fingerprint density at radius 3 is 1.33 bits per heavy atom. The summed E-state index contributed by atoms with van der Waals surface area (Å²) in [5.41, 5.74) is 0. The van der Waals surface area contributed by atoms with Crippen molar-refractivity contribution in [3.63, 3.8) is 0 Å². The molecule has 2 amide bonds. The molecule has 0 aliphatic carbocycles. The van der Waals surface area contributed by atoms with E-state index in [0.29, 0.717) is 52.4 Å². The molecule has 0 saturated carbocycles. The van der Waals surface area contributed by atoms with E-state index in [1.165, 1.54) is 0 Å². The minimum atomic E-state index is -1.76. The van der Waals surface area contributed by atoms with Crippen LogP contribution in [0.25, 0.3) is 0 Å². The fourth-order valence-electron chi connectivity index (χ4n) is 4.89. The quantitative estimate of drug-likeness (QED) is 0.0646. The van der Waals surface area contributed by atoms with Gasteiger partial charge in [-0.3, -0.25) is 9.59 Å². The fraction of sp³-hybridized carbons (Fsp3) is 0.933. The van der Waals surface area contributed by atoms with Crippen LogP contribution in [0.15, 0.2) is 0 Å². The number of carbonyl (C=O) groups is 2. The summed E-state index contributed by atoms with van der Waals surface area (Å²) < 4.78 is 27.8. The third-order valence-corrected chi connectivity index (χ3v) is 7.78. The molecular formula is C30H56N2O13. The maximum Gasteiger partial charge on any atom is 0.220 e. The average molecular weight is 653 g/mol. The second kappa shape index (κ2) is 22.1. The number of aliphatic hydroxyl groups excluding tert-OH is 6. The SMILES string of the molecule is CCCCOCCCNC(=O)CC[C@H]1O[C@H](OC2O[C@H](CCC(=O)NCCCOCCCC)[C@@H](O)[C@H](O)[C@H]2O)[C@H](O)[C@H](O)[C@@H]1O. The second-order valence-corrected chi connectivity index (χ2v) is 11.6. The molecule has 264 valence electrons. The van der Waals surface area contributed by atoms with Gasteiger partial charge in [0, 0.05) is 52.4 Å². The minimum Gasteiger partial charge on any atom is -0.388 e. The van der Waals surface area contributed by atoms with Crippen LogP contribution >= 0.6 is 0 Å². The topological polar surface area (TPSA) is 226 Å². The molecule has 0 bridgehead atoms. The van der Waals surface area contributed by atoms with Crippen molar-refractivity contribution >= 4 is 11.8 Å². The summed E-state index contributed by atoms with van der Waals surface area (Å²) in [4.78, 5) is 24.6. The van der Waals surface area contributed by atoms with Gasteiger partial charge in [0.2, 0.25) is 11.8 Å². The largest absolute Gasteiger partial charge is 0.388 e. The zero-order chi connectivity index (χ0) is 33.2. The number of rotatable bonds is 22. The zero-order valence-corrected chi connectivity index (χ0v) is 26.6. The van der Waals surface area contributed by atoms with Crippen LogP contribution in [0.1, 0.15) is 78.1 Å². The number of carbonyl (C=O) groups excluding carboxylic acids is 2. The Labute approximate surface area is 265 Å². The van der Waals surface area contributed by atoms with Crippen molar-refractivity contribution in [3.8, 4) is 0 Å². The normalized spacial score (nSPS) is 31.9. The number of aliphatic hydroxyl groups is 6. The van der Waals surface area contributed by atoms with E-state index in [1.54, 1.807) is 0 Å². The van der Waals surface area contributed by atoms with Gasteiger partial charge in [-0.15, -0.1) is 0 Å². The first-order valence-corrected chi connectivity index (χ1v) is 16.3. The molecule has 0 radical (unpaired) electrons. The van der Waals surface area contributed by atoms with Crippen LogP contribution < -0.4 is 10.6 Å². The van der Waals surface area contributed by atoms with Crippen LogP contribution in [0, 0.1) is 0 Å². The molecule has 2 heterocycles. The maximum atomic E-state index is 12.3. The Kier molecular flexibility index (Phi) is 19.5. The molecule has 0 spiro atoms. The molecule has 1 unspecified atom stereocenters. The van der Waals surface area contributed by atoms with Gasteiger partial charge >= 0.3 is 0 Å². The van der Waals surface area contributed by atoms with Crippen molar-refractivity contribution in [1.82, 2.24) is 10.6 Å². The molecule has 45 heavy (non-hydrogen) atoms. The highest BCUT2D eigenvalue weighted by Crippen LogP contribution is 2.30. The third-order valence-electron chi connectivity index (χ3n) is 7.78. The van der Waals surface area contributed by atoms with Gasteiger partial charge in [-0.25, -0.2) is 0 Å². The highest BCUT2D eigenvalue weighted by molar-refractivity contribution is 5.76. The number of amides is 2. The minimum absolute atomic E-state index is 0.0122. The molecule has 10 atom stereocenters. The van der Waals surface area contributed by atoms with Crippen LogP contribution in [0.3, 0.4) is 0 Å². The van der Waals surface area contributed by atoms with E-state index in [9.17, 15) is 40.2 Å². The summed E-state index contributed by atoms with van der Waals surface area (Å²) in [6, 6.07) is 0. The molecule has 0 aromatic rings. The molecule has 0 aromatic carbocycles. The average Bonchev–Trinajstić information content (AvgIpc) is 3.03. The van der Waals surface area contributed by atoms with Gasteiger partial charge in [-0.05, 0) is 38.5 Å². The van der Waals surface area contributed by atoms with E-state index < -0.39 is 61.4 Å². The monoisotopic (exact) mass is 652 g/mol. The molecule has 2 aliphatic heterocycles. The van der Waals surface area contributed by atoms with Crippen LogP contribution in [0.4, 0.5) is 0 Å². The molecule has 8 N–H and O–H groups in total. The lowest BCUT2D eigenvalue weighted by Gasteiger charge is -2.45. The standard InChI is InChI=1S/C30H56N2O13/c1-3-5-15-41-17-7-13-31-21(33)11-9-19-23(35)25(37)27(39)29(43-19)45-30-28(40)26(38)24(36)20(44-30)10-12-22(34)32-14-8-18-42-16-6-4-2/h19-20,23-30,35-40H,3-18H2,1-2H3,(H,31,33)(H,32,34)/t19-,20-,23-,24-,25-,26+,27-,28-,29-,30?/m1/s1. The van der Waals surface area contributed by atoms with E-state index in [2.05, 4.69) is 24.5 Å². The van der Waals surface area contributed by atoms with Crippen molar-refractivity contribution < 1.29 is 63.9 Å². The van der Waals surface area contributed by atoms with Crippen molar-refractivity contribution in [2.24, 2.45) is 0 Å². The van der Waals surface area contributed by atoms with Crippen molar-refractivity contribution in [2.75, 3.05) is 39.5 Å². The Morgan fingerprint density at radius 1 is 0.578 bits per heavy atom. The highest BCUT2D eigenvalue weighted by atomic mass is 16.8. The van der Waals surface area contributed by atoms with Crippen molar-refractivity contribution in [1.29, 1.82) is 0 Å². The first-order valence-electron chi connectivity index (χ1n) is 16.3. The predicted octanol–water partition coefficient (Wildman–Crippen LogP) is -1.18. The summed E-state index contributed by atoms with van der Waals surface area (Å²) in [5, 5.41) is 68.2. The van der Waals surface area contributed by atoms with Gasteiger partial charge in [0.25, 0.3) is 0 Å². The summed E-state index contributed by atoms with van der Waals surface area (Å²) in [6.07, 6.45) is -10.2. The molecule has 15 heteroatoms. The first-order chi connectivity index (χ1) is 21.6. The van der Waals surface area contributed by atoms with Gasteiger partial charge in [0.05, 0.1) is 12.2 Å². The lowest BCUT2D eigenvalue weighted by molar-refractivity contribution is -0.374. The van der Waals surface area contributed by atoms with E-state index in [0.717, 1.165) is 25.7 Å². The maximum absolute atomic E-state index is 12.3. The van der Waals surface area contributed by atoms with Gasteiger partial charge in [0.1, 0.15) is 36.6 Å². The zero-order valence-electron chi connectivity index (χ0n) is 26.6. The Balaban J connectivity index is 1.82. The van der Waals surface area contributed by atoms with E-state index in [-0.39, 0.29) is 37.5 Å². The lowest BCUT2D eigenvalue weighted by Crippen LogP contribution is -2.63. The van der Waals surface area contributed by atoms with Crippen LogP contribution in [0.2, 0.25) is 0 Å². The van der Waals surface area contributed by atoms with Gasteiger partial charge in [-0.2, -0.15) is 0 Å². The Hall–Kier alpha value is -1.50. The fourth-order valence-corrected chi connectivity index (χ4v) is 4.89. The number of unbranched alkanes of at least 4 members (excludes halogenated alkanes) is 2. The Morgan fingerprint density at radius 2 is 0.956 bits per heavy atom. The summed E-state index contributed by atoms with van der Waals surface area (Å²) in [6.45, 7) is 7.37. The van der Waals surface area contributed by atoms with Gasteiger partial charge in [0.15, 0.2) is 12.6 Å². The lowest BCUT2D eigenvalue weighted by atomic mass is 9.94. The molecular weight excluding hydrogens is 596 g/mol. The number of hydrogen-bond donors (Lipinski definition) is 8. The smallest absolute Gasteiger partial charge is 0.220 e. The predicted molar refractivity (Wildman–Crippen MR) is 160 cm³/mol. The molecule has 0 aromatic heterocycles. The number of ether oxygens (including phenoxy) is 5. The number of hydrogen-bond acceptors (Lipinski definition) is 13. The molecule has 2 rings (SSSR count). The van der Waals surface area contributed by atoms with E-state index in [1.807, 2.05) is 0 Å². The second-order valence-electron chi connectivity index (χ2n) is 11.6. The van der Waals surface area contributed by atoms with Gasteiger partial charge < -0.3 is 65.0 Å². The Bertz CT molecular complexity index is 761. The van der Waals surface area contributed by atoms with Crippen LogP contribution in [0.5, 0.6) is 0 Å². The molecule has 15 nitrogen and oxygen atoms in total. The van der Waals surface area contributed by atoms with Crippen LogP contribution in [-0.4, -0.2) is 143 Å². The van der Waals surface area contributed by atoms with E-state index in [4.69, 9.17) is 23.7 Å². The van der Waals surface area contributed by atoms with E-state index >= 15 is 0 Å². The van der Waals surface area contributed by atoms with Crippen LogP contribution in [-0.2, 0) is 33.3 Å². The summed E-state index contributed by atoms with van der Waals surface area (Å²) >= 11 is 0. The summed E-state index contributed by atoms with van der Waals surface area (Å²) in [5.74, 6) is -0.597. The third kappa shape index (κ3) is 14.0. The first kappa shape index (κ1) is 39.7. The van der Waals surface area contributed by atoms with Gasteiger partial charge in [-0.1, -0.05) is 26.7 Å². The molecule has 2 aliphatic rings. The number of nitrogens with one attached hydrogen (secondary N) is 2. The molecule has 2 fully saturated rings. The van der Waals surface area contributed by atoms with Crippen molar-refractivity contribution in [2.45, 2.75) is 139 Å². The summed E-state index contributed by atoms with van der Waals surface area (Å²) in [7, 11) is 0. The molecule has 2 saturated heterocycles.